The van der Waals surface area contributed by atoms with Crippen molar-refractivity contribution in [1.82, 2.24) is 5.32 Å². The second-order valence-corrected chi connectivity index (χ2v) is 6.59. The topological polar surface area (TPSA) is 106 Å². The minimum Gasteiger partial charge on any atom is -0.313 e. The first-order valence-electron chi connectivity index (χ1n) is 5.48. The monoisotopic (exact) mass is 284 g/mol. The van der Waals surface area contributed by atoms with Gasteiger partial charge >= 0.3 is 0 Å². The van der Waals surface area contributed by atoms with Crippen molar-refractivity contribution in [2.75, 3.05) is 12.0 Å². The van der Waals surface area contributed by atoms with Crippen molar-refractivity contribution in [2.24, 2.45) is 5.73 Å². The number of carbonyl (C=O) groups excluding carboxylic acids is 2. The van der Waals surface area contributed by atoms with E-state index in [0.717, 1.165) is 6.26 Å². The van der Waals surface area contributed by atoms with Crippen molar-refractivity contribution in [2.45, 2.75) is 12.5 Å². The van der Waals surface area contributed by atoms with Gasteiger partial charge in [-0.15, -0.1) is 0 Å². The second-order valence-electron chi connectivity index (χ2n) is 4.45. The average Bonchev–Trinajstić information content (AvgIpc) is 2.27. The van der Waals surface area contributed by atoms with Crippen LogP contribution in [0.2, 0.25) is 0 Å². The zero-order valence-electron chi connectivity index (χ0n) is 10.7. The average molecular weight is 284 g/mol. The predicted octanol–water partition coefficient (Wildman–Crippen LogP) is -0.534. The molecule has 6 nitrogen and oxygen atoms in total. The number of hydrogen-bond donors (Lipinski definition) is 2. The summed E-state index contributed by atoms with van der Waals surface area (Å²) in [6, 6.07) is 6.69. The molecule has 2 amide bonds. The zero-order valence-corrected chi connectivity index (χ0v) is 11.5. The molecule has 0 saturated carbocycles. The Labute approximate surface area is 111 Å². The fourth-order valence-corrected chi connectivity index (χ4v) is 3.05. The Hall–Kier alpha value is -1.73. The second kappa shape index (κ2) is 5.50. The molecule has 1 aromatic rings. The lowest BCUT2D eigenvalue weighted by molar-refractivity contribution is -0.129. The van der Waals surface area contributed by atoms with Gasteiger partial charge in [-0.2, -0.15) is 0 Å². The van der Waals surface area contributed by atoms with Crippen molar-refractivity contribution in [3.8, 4) is 0 Å². The Kier molecular flexibility index (Phi) is 4.43. The third-order valence-electron chi connectivity index (χ3n) is 2.71. The maximum Gasteiger partial charge on any atom is 0.252 e. The third-order valence-corrected chi connectivity index (χ3v) is 3.69. The maximum atomic E-state index is 12.0. The van der Waals surface area contributed by atoms with Gasteiger partial charge in [0.05, 0.1) is 5.75 Å². The van der Waals surface area contributed by atoms with Gasteiger partial charge < -0.3 is 5.73 Å². The molecule has 0 saturated heterocycles. The van der Waals surface area contributed by atoms with Crippen LogP contribution in [0.3, 0.4) is 0 Å². The summed E-state index contributed by atoms with van der Waals surface area (Å²) in [5.74, 6) is -1.42. The first kappa shape index (κ1) is 15.3. The molecule has 19 heavy (non-hydrogen) atoms. The Morgan fingerprint density at radius 3 is 2.47 bits per heavy atom. The minimum absolute atomic E-state index is 0.185. The number of aryl methyl sites for hydroxylation is 1. The van der Waals surface area contributed by atoms with Gasteiger partial charge in [-0.05, 0) is 18.1 Å². The van der Waals surface area contributed by atoms with Crippen LogP contribution in [0.25, 0.3) is 0 Å². The minimum atomic E-state index is -3.51. The number of imide groups is 1. The molecular formula is C12H16N2O4S. The number of hydrogen-bond acceptors (Lipinski definition) is 5. The van der Waals surface area contributed by atoms with Gasteiger partial charge in [-0.1, -0.05) is 24.3 Å². The Balaban J connectivity index is 3.39. The van der Waals surface area contributed by atoms with E-state index in [0.29, 0.717) is 11.1 Å². The van der Waals surface area contributed by atoms with Crippen LogP contribution in [0.5, 0.6) is 0 Å². The number of rotatable bonds is 5. The SMILES string of the molecule is Cc1ccccc1C(N)(CS(C)(=O)=O)C(=O)NC=O. The number of nitrogens with two attached hydrogens (primary N) is 1. The molecule has 0 spiro atoms. The van der Waals surface area contributed by atoms with E-state index >= 15 is 0 Å². The van der Waals surface area contributed by atoms with Crippen LogP contribution in [-0.4, -0.2) is 32.7 Å². The van der Waals surface area contributed by atoms with Crippen LogP contribution >= 0.6 is 0 Å². The van der Waals surface area contributed by atoms with Gasteiger partial charge in [0, 0.05) is 6.26 Å². The highest BCUT2D eigenvalue weighted by Crippen LogP contribution is 2.24. The molecule has 3 N–H and O–H groups in total. The lowest BCUT2D eigenvalue weighted by atomic mass is 9.88. The van der Waals surface area contributed by atoms with Crippen LogP contribution in [0.4, 0.5) is 0 Å². The predicted molar refractivity (Wildman–Crippen MR) is 71.0 cm³/mol. The molecule has 0 aromatic heterocycles. The normalized spacial score (nSPS) is 14.5. The molecular weight excluding hydrogens is 268 g/mol. The number of amides is 2. The van der Waals surface area contributed by atoms with E-state index in [1.54, 1.807) is 31.2 Å². The fraction of sp³-hybridized carbons (Fsp3) is 0.333. The highest BCUT2D eigenvalue weighted by molar-refractivity contribution is 7.90. The van der Waals surface area contributed by atoms with Gasteiger partial charge in [0.1, 0.15) is 15.4 Å². The lowest BCUT2D eigenvalue weighted by Gasteiger charge is -2.28. The summed E-state index contributed by atoms with van der Waals surface area (Å²) in [4.78, 5) is 22.4. The van der Waals surface area contributed by atoms with E-state index in [1.807, 2.05) is 5.32 Å². The number of nitrogens with one attached hydrogen (secondary N) is 1. The third kappa shape index (κ3) is 3.62. The molecule has 0 aliphatic heterocycles. The molecule has 0 bridgehead atoms. The van der Waals surface area contributed by atoms with E-state index in [1.165, 1.54) is 0 Å². The summed E-state index contributed by atoms with van der Waals surface area (Å²) in [6.45, 7) is 1.72. The highest BCUT2D eigenvalue weighted by Gasteiger charge is 2.40. The molecule has 1 rings (SSSR count). The number of benzene rings is 1. The molecule has 0 fully saturated rings. The molecule has 1 unspecified atom stereocenters. The van der Waals surface area contributed by atoms with Crippen molar-refractivity contribution >= 4 is 22.2 Å². The van der Waals surface area contributed by atoms with Crippen LogP contribution in [-0.2, 0) is 25.0 Å². The van der Waals surface area contributed by atoms with E-state index in [9.17, 15) is 18.0 Å². The Bertz CT molecular complexity index is 598. The Morgan fingerprint density at radius 1 is 1.42 bits per heavy atom. The van der Waals surface area contributed by atoms with Gasteiger partial charge in [0.2, 0.25) is 6.41 Å². The molecule has 1 atom stereocenters. The summed E-state index contributed by atoms with van der Waals surface area (Å²) in [5.41, 5.74) is 5.24. The summed E-state index contributed by atoms with van der Waals surface area (Å²) in [7, 11) is -3.51. The molecule has 1 aromatic carbocycles. The molecule has 0 aliphatic carbocycles. The van der Waals surface area contributed by atoms with Gasteiger partial charge in [-0.25, -0.2) is 8.42 Å². The largest absolute Gasteiger partial charge is 0.313 e. The van der Waals surface area contributed by atoms with Crippen LogP contribution in [0.15, 0.2) is 24.3 Å². The van der Waals surface area contributed by atoms with E-state index in [2.05, 4.69) is 0 Å². The molecule has 104 valence electrons. The van der Waals surface area contributed by atoms with Crippen molar-refractivity contribution in [3.63, 3.8) is 0 Å². The molecule has 7 heteroatoms. The number of sulfone groups is 1. The van der Waals surface area contributed by atoms with Crippen LogP contribution in [0.1, 0.15) is 11.1 Å². The Morgan fingerprint density at radius 2 is 2.00 bits per heavy atom. The first-order valence-corrected chi connectivity index (χ1v) is 7.54. The van der Waals surface area contributed by atoms with Gasteiger partial charge in [0.15, 0.2) is 0 Å². The smallest absolute Gasteiger partial charge is 0.252 e. The van der Waals surface area contributed by atoms with Crippen LogP contribution in [0, 0.1) is 6.92 Å². The first-order chi connectivity index (χ1) is 8.70. The van der Waals surface area contributed by atoms with Crippen LogP contribution < -0.4 is 11.1 Å². The maximum absolute atomic E-state index is 12.0. The summed E-state index contributed by atoms with van der Waals surface area (Å²) >= 11 is 0. The molecule has 0 heterocycles. The van der Waals surface area contributed by atoms with Crippen molar-refractivity contribution in [3.05, 3.63) is 35.4 Å². The van der Waals surface area contributed by atoms with E-state index < -0.39 is 27.0 Å². The zero-order chi connectivity index (χ0) is 14.7. The summed E-state index contributed by atoms with van der Waals surface area (Å²) in [5, 5.41) is 1.93. The van der Waals surface area contributed by atoms with E-state index in [-0.39, 0.29) is 6.41 Å². The quantitative estimate of drug-likeness (QED) is 0.707. The lowest BCUT2D eigenvalue weighted by Crippen LogP contribution is -2.55. The summed E-state index contributed by atoms with van der Waals surface area (Å²) < 4.78 is 23.0. The van der Waals surface area contributed by atoms with Crippen molar-refractivity contribution < 1.29 is 18.0 Å². The van der Waals surface area contributed by atoms with Gasteiger partial charge in [0.25, 0.3) is 5.91 Å². The molecule has 0 aliphatic rings. The fourth-order valence-electron chi connectivity index (χ4n) is 1.93. The van der Waals surface area contributed by atoms with Gasteiger partial charge in [-0.3, -0.25) is 14.9 Å². The highest BCUT2D eigenvalue weighted by atomic mass is 32.2. The molecule has 0 radical (unpaired) electrons. The van der Waals surface area contributed by atoms with Crippen molar-refractivity contribution in [1.29, 1.82) is 0 Å². The summed E-state index contributed by atoms with van der Waals surface area (Å²) in [6.07, 6.45) is 1.17. The van der Waals surface area contributed by atoms with E-state index in [4.69, 9.17) is 5.73 Å². The standard InChI is InChI=1S/C12H16N2O4S/c1-9-5-3-4-6-10(9)12(13,7-19(2,17)18)11(16)14-8-15/h3-6,8H,7,13H2,1-2H3,(H,14,15,16). The number of carbonyl (C=O) groups is 2.